The fourth-order valence-corrected chi connectivity index (χ4v) is 1.70. The zero-order valence-electron chi connectivity index (χ0n) is 6.55. The molecule has 1 aromatic carbocycles. The number of phenols is 1. The monoisotopic (exact) mass is 167 g/mol. The molecule has 3 heteroatoms. The maximum atomic E-state index is 13.2. The summed E-state index contributed by atoms with van der Waals surface area (Å²) >= 11 is 0. The van der Waals surface area contributed by atoms with E-state index >= 15 is 0 Å². The minimum absolute atomic E-state index is 0.243. The van der Waals surface area contributed by atoms with E-state index in [0.29, 0.717) is 5.56 Å². The van der Waals surface area contributed by atoms with Crippen LogP contribution in [-0.2, 0) is 6.42 Å². The molecule has 1 unspecified atom stereocenters. The van der Waals surface area contributed by atoms with Gasteiger partial charge in [0.25, 0.3) is 0 Å². The molecule has 0 saturated heterocycles. The first-order valence-electron chi connectivity index (χ1n) is 3.96. The Hall–Kier alpha value is -1.09. The van der Waals surface area contributed by atoms with E-state index < -0.39 is 5.82 Å². The first kappa shape index (κ1) is 7.55. The second-order valence-electron chi connectivity index (χ2n) is 3.12. The number of hydrogen-bond acceptors (Lipinski definition) is 2. The molecule has 64 valence electrons. The minimum atomic E-state index is -0.544. The third kappa shape index (κ3) is 0.898. The number of aryl methyl sites for hydroxylation is 1. The first-order valence-corrected chi connectivity index (χ1v) is 3.96. The van der Waals surface area contributed by atoms with Gasteiger partial charge in [-0.3, -0.25) is 0 Å². The van der Waals surface area contributed by atoms with Crippen LogP contribution in [0.25, 0.3) is 0 Å². The molecule has 0 bridgehead atoms. The van der Waals surface area contributed by atoms with Crippen molar-refractivity contribution in [2.24, 2.45) is 5.73 Å². The number of phenolic OH excluding ortho intramolecular Hbond substituents is 1. The average molecular weight is 167 g/mol. The lowest BCUT2D eigenvalue weighted by molar-refractivity contribution is 0.426. The van der Waals surface area contributed by atoms with Gasteiger partial charge in [0, 0.05) is 11.6 Å². The molecule has 0 aliphatic heterocycles. The zero-order chi connectivity index (χ0) is 8.72. The van der Waals surface area contributed by atoms with Crippen LogP contribution in [0.3, 0.4) is 0 Å². The maximum Gasteiger partial charge on any atom is 0.169 e. The first-order chi connectivity index (χ1) is 5.70. The van der Waals surface area contributed by atoms with Gasteiger partial charge < -0.3 is 10.8 Å². The second-order valence-corrected chi connectivity index (χ2v) is 3.12. The Balaban J connectivity index is 2.63. The van der Waals surface area contributed by atoms with Crippen molar-refractivity contribution in [3.8, 4) is 5.75 Å². The summed E-state index contributed by atoms with van der Waals surface area (Å²) in [5, 5.41) is 9.07. The summed E-state index contributed by atoms with van der Waals surface area (Å²) < 4.78 is 13.2. The van der Waals surface area contributed by atoms with Gasteiger partial charge in [-0.15, -0.1) is 0 Å². The Morgan fingerprint density at radius 3 is 3.00 bits per heavy atom. The van der Waals surface area contributed by atoms with Crippen molar-refractivity contribution in [3.63, 3.8) is 0 Å². The molecule has 0 spiro atoms. The molecule has 0 amide bonds. The van der Waals surface area contributed by atoms with Crippen LogP contribution in [0, 0.1) is 5.82 Å². The van der Waals surface area contributed by atoms with Gasteiger partial charge in [0.05, 0.1) is 0 Å². The minimum Gasteiger partial charge on any atom is -0.505 e. The summed E-state index contributed by atoms with van der Waals surface area (Å²) in [5.74, 6) is -0.844. The predicted octanol–water partition coefficient (Wildman–Crippen LogP) is 1.48. The SMILES string of the molecule is NC1CCc2ccc(O)c(F)c21. The second kappa shape index (κ2) is 2.45. The largest absolute Gasteiger partial charge is 0.505 e. The van der Waals surface area contributed by atoms with Gasteiger partial charge in [-0.05, 0) is 24.5 Å². The molecule has 0 aromatic heterocycles. The number of fused-ring (bicyclic) bond motifs is 1. The predicted molar refractivity (Wildman–Crippen MR) is 43.3 cm³/mol. The molecule has 0 radical (unpaired) electrons. The zero-order valence-corrected chi connectivity index (χ0v) is 6.55. The van der Waals surface area contributed by atoms with E-state index in [0.717, 1.165) is 18.4 Å². The van der Waals surface area contributed by atoms with E-state index in [4.69, 9.17) is 10.8 Å². The van der Waals surface area contributed by atoms with Crippen molar-refractivity contribution in [1.82, 2.24) is 0 Å². The number of aromatic hydroxyl groups is 1. The molecule has 1 aliphatic carbocycles. The number of nitrogens with two attached hydrogens (primary N) is 1. The Bertz CT molecular complexity index is 325. The van der Waals surface area contributed by atoms with Crippen molar-refractivity contribution in [1.29, 1.82) is 0 Å². The highest BCUT2D eigenvalue weighted by molar-refractivity contribution is 5.41. The van der Waals surface area contributed by atoms with Crippen LogP contribution in [0.5, 0.6) is 5.75 Å². The summed E-state index contributed by atoms with van der Waals surface area (Å²) in [6, 6.07) is 2.87. The number of benzene rings is 1. The highest BCUT2D eigenvalue weighted by Gasteiger charge is 2.24. The highest BCUT2D eigenvalue weighted by atomic mass is 19.1. The molecule has 0 heterocycles. The lowest BCUT2D eigenvalue weighted by Crippen LogP contribution is -2.07. The van der Waals surface area contributed by atoms with E-state index in [9.17, 15) is 4.39 Å². The Labute approximate surface area is 69.8 Å². The molecular weight excluding hydrogens is 157 g/mol. The van der Waals surface area contributed by atoms with Crippen molar-refractivity contribution < 1.29 is 9.50 Å². The summed E-state index contributed by atoms with van der Waals surface area (Å²) in [5.41, 5.74) is 7.09. The molecule has 1 aromatic rings. The topological polar surface area (TPSA) is 46.2 Å². The van der Waals surface area contributed by atoms with Gasteiger partial charge in [0.1, 0.15) is 0 Å². The standard InChI is InChI=1S/C9H10FNO/c10-9-7(12)4-2-5-1-3-6(11)8(5)9/h2,4,6,12H,1,3,11H2. The van der Waals surface area contributed by atoms with Crippen LogP contribution in [-0.4, -0.2) is 5.11 Å². The summed E-state index contributed by atoms with van der Waals surface area (Å²) in [7, 11) is 0. The summed E-state index contributed by atoms with van der Waals surface area (Å²) in [6.07, 6.45) is 1.59. The molecule has 1 aliphatic rings. The van der Waals surface area contributed by atoms with Crippen LogP contribution in [0.4, 0.5) is 4.39 Å². The van der Waals surface area contributed by atoms with Crippen molar-refractivity contribution in [3.05, 3.63) is 29.1 Å². The molecule has 12 heavy (non-hydrogen) atoms. The van der Waals surface area contributed by atoms with Crippen LogP contribution >= 0.6 is 0 Å². The Morgan fingerprint density at radius 2 is 2.25 bits per heavy atom. The fraction of sp³-hybridized carbons (Fsp3) is 0.333. The van der Waals surface area contributed by atoms with Gasteiger partial charge in [0.2, 0.25) is 0 Å². The normalized spacial score (nSPS) is 21.0. The van der Waals surface area contributed by atoms with E-state index in [1.807, 2.05) is 0 Å². The van der Waals surface area contributed by atoms with Gasteiger partial charge in [0.15, 0.2) is 11.6 Å². The Morgan fingerprint density at radius 1 is 1.50 bits per heavy atom. The van der Waals surface area contributed by atoms with Gasteiger partial charge in [-0.2, -0.15) is 0 Å². The lowest BCUT2D eigenvalue weighted by atomic mass is 10.1. The van der Waals surface area contributed by atoms with Crippen molar-refractivity contribution in [2.45, 2.75) is 18.9 Å². The van der Waals surface area contributed by atoms with Gasteiger partial charge in [-0.25, -0.2) is 4.39 Å². The molecule has 2 nitrogen and oxygen atoms in total. The molecule has 0 saturated carbocycles. The van der Waals surface area contributed by atoms with Crippen molar-refractivity contribution >= 4 is 0 Å². The number of rotatable bonds is 0. The van der Waals surface area contributed by atoms with Crippen LogP contribution in [0.15, 0.2) is 12.1 Å². The van der Waals surface area contributed by atoms with Gasteiger partial charge >= 0.3 is 0 Å². The number of hydrogen-bond donors (Lipinski definition) is 2. The molecular formula is C9H10FNO. The van der Waals surface area contributed by atoms with E-state index in [2.05, 4.69) is 0 Å². The van der Waals surface area contributed by atoms with E-state index in [-0.39, 0.29) is 11.8 Å². The fourth-order valence-electron chi connectivity index (χ4n) is 1.70. The number of halogens is 1. The quantitative estimate of drug-likeness (QED) is 0.614. The van der Waals surface area contributed by atoms with Crippen LogP contribution in [0.2, 0.25) is 0 Å². The smallest absolute Gasteiger partial charge is 0.169 e. The Kier molecular flexibility index (Phi) is 1.54. The summed E-state index contributed by atoms with van der Waals surface area (Å²) in [6.45, 7) is 0. The van der Waals surface area contributed by atoms with E-state index in [1.165, 1.54) is 6.07 Å². The highest BCUT2D eigenvalue weighted by Crippen LogP contribution is 2.34. The summed E-state index contributed by atoms with van der Waals surface area (Å²) in [4.78, 5) is 0. The lowest BCUT2D eigenvalue weighted by Gasteiger charge is -2.06. The van der Waals surface area contributed by atoms with Crippen molar-refractivity contribution in [2.75, 3.05) is 0 Å². The van der Waals surface area contributed by atoms with Crippen LogP contribution in [0.1, 0.15) is 23.6 Å². The molecule has 1 atom stereocenters. The van der Waals surface area contributed by atoms with Crippen LogP contribution < -0.4 is 5.73 Å². The van der Waals surface area contributed by atoms with E-state index in [1.54, 1.807) is 6.07 Å². The average Bonchev–Trinajstić information content (AvgIpc) is 2.41. The van der Waals surface area contributed by atoms with Gasteiger partial charge in [-0.1, -0.05) is 6.07 Å². The molecule has 0 fully saturated rings. The third-order valence-corrected chi connectivity index (χ3v) is 2.35. The molecule has 3 N–H and O–H groups in total. The maximum absolute atomic E-state index is 13.2. The molecule has 2 rings (SSSR count). The third-order valence-electron chi connectivity index (χ3n) is 2.35.